The maximum absolute atomic E-state index is 11.5. The Bertz CT molecular complexity index is 278. The van der Waals surface area contributed by atoms with E-state index in [4.69, 9.17) is 0 Å². The molecule has 0 unspecified atom stereocenters. The summed E-state index contributed by atoms with van der Waals surface area (Å²) in [4.78, 5) is 13.2. The molecule has 0 aromatic heterocycles. The van der Waals surface area contributed by atoms with E-state index in [1.807, 2.05) is 14.1 Å². The number of nitrogens with zero attached hydrogens (tertiary/aromatic N) is 1. The molecular weight excluding hydrogens is 236 g/mol. The fourth-order valence-corrected chi connectivity index (χ4v) is 2.97. The Hall–Kier alpha value is -0.570. The molecule has 3 heteroatoms. The number of amides is 1. The molecule has 3 nitrogen and oxygen atoms in total. The van der Waals surface area contributed by atoms with Gasteiger partial charge < -0.3 is 10.2 Å². The fourth-order valence-electron chi connectivity index (χ4n) is 2.97. The molecule has 1 saturated carbocycles. The van der Waals surface area contributed by atoms with Crippen molar-refractivity contribution in [2.24, 2.45) is 11.3 Å². The number of hydrogen-bond donors (Lipinski definition) is 1. The van der Waals surface area contributed by atoms with E-state index in [0.717, 1.165) is 12.5 Å². The zero-order chi connectivity index (χ0) is 14.5. The Morgan fingerprint density at radius 1 is 1.21 bits per heavy atom. The summed E-state index contributed by atoms with van der Waals surface area (Å²) in [6.45, 7) is 7.93. The van der Waals surface area contributed by atoms with Crippen LogP contribution >= 0.6 is 0 Å². The van der Waals surface area contributed by atoms with Gasteiger partial charge in [0.15, 0.2) is 0 Å². The van der Waals surface area contributed by atoms with E-state index in [-0.39, 0.29) is 5.91 Å². The summed E-state index contributed by atoms with van der Waals surface area (Å²) >= 11 is 0. The molecule has 0 atom stereocenters. The van der Waals surface area contributed by atoms with Crippen molar-refractivity contribution in [2.45, 2.75) is 65.3 Å². The van der Waals surface area contributed by atoms with E-state index in [1.165, 1.54) is 32.1 Å². The number of nitrogens with one attached hydrogen (secondary N) is 1. The Balaban J connectivity index is 2.22. The van der Waals surface area contributed by atoms with Crippen LogP contribution in [-0.4, -0.2) is 37.5 Å². The maximum Gasteiger partial charge on any atom is 0.223 e. The Morgan fingerprint density at radius 2 is 1.79 bits per heavy atom. The van der Waals surface area contributed by atoms with Gasteiger partial charge in [-0.1, -0.05) is 27.2 Å². The molecular formula is C16H32N2O. The van der Waals surface area contributed by atoms with E-state index in [9.17, 15) is 4.79 Å². The Morgan fingerprint density at radius 3 is 2.26 bits per heavy atom. The van der Waals surface area contributed by atoms with Crippen LogP contribution in [0.2, 0.25) is 0 Å². The third-order valence-corrected chi connectivity index (χ3v) is 5.01. The predicted molar refractivity (Wildman–Crippen MR) is 81.1 cm³/mol. The maximum atomic E-state index is 11.5. The molecule has 1 amide bonds. The zero-order valence-corrected chi connectivity index (χ0v) is 13.5. The third-order valence-electron chi connectivity index (χ3n) is 5.01. The van der Waals surface area contributed by atoms with E-state index in [1.54, 1.807) is 4.90 Å². The van der Waals surface area contributed by atoms with Gasteiger partial charge >= 0.3 is 0 Å². The average Bonchev–Trinajstić information content (AvgIpc) is 2.39. The quantitative estimate of drug-likeness (QED) is 0.803. The van der Waals surface area contributed by atoms with Crippen LogP contribution in [0.1, 0.15) is 59.3 Å². The summed E-state index contributed by atoms with van der Waals surface area (Å²) in [6, 6.07) is 0.624. The van der Waals surface area contributed by atoms with Gasteiger partial charge in [0, 0.05) is 33.1 Å². The summed E-state index contributed by atoms with van der Waals surface area (Å²) in [5.74, 6) is 1.09. The number of hydrogen-bond acceptors (Lipinski definition) is 2. The van der Waals surface area contributed by atoms with Gasteiger partial charge in [-0.05, 0) is 37.0 Å². The molecule has 0 heterocycles. The summed E-state index contributed by atoms with van der Waals surface area (Å²) < 4.78 is 0. The first-order valence-electron chi connectivity index (χ1n) is 7.80. The second-order valence-electron chi connectivity index (χ2n) is 6.88. The third kappa shape index (κ3) is 5.13. The molecule has 1 aliphatic carbocycles. The normalized spacial score (nSPS) is 24.3. The molecule has 1 fully saturated rings. The minimum absolute atomic E-state index is 0.216. The van der Waals surface area contributed by atoms with Crippen LogP contribution < -0.4 is 5.32 Å². The summed E-state index contributed by atoms with van der Waals surface area (Å²) in [5.41, 5.74) is 0.492. The molecule has 112 valence electrons. The average molecular weight is 268 g/mol. The SMILES string of the molecule is CCC(C)(C)C1CCC(NCCC(=O)N(C)C)CC1. The minimum atomic E-state index is 0.216. The molecule has 0 aromatic carbocycles. The van der Waals surface area contributed by atoms with Gasteiger partial charge in [0.05, 0.1) is 0 Å². The summed E-state index contributed by atoms with van der Waals surface area (Å²) in [5, 5.41) is 3.55. The first-order chi connectivity index (χ1) is 8.86. The number of carbonyl (C=O) groups is 1. The van der Waals surface area contributed by atoms with Gasteiger partial charge in [-0.15, -0.1) is 0 Å². The summed E-state index contributed by atoms with van der Waals surface area (Å²) in [7, 11) is 3.64. The van der Waals surface area contributed by atoms with Gasteiger partial charge in [0.1, 0.15) is 0 Å². The van der Waals surface area contributed by atoms with Crippen LogP contribution in [0.3, 0.4) is 0 Å². The number of rotatable bonds is 6. The topological polar surface area (TPSA) is 32.3 Å². The highest BCUT2D eigenvalue weighted by molar-refractivity contribution is 5.75. The van der Waals surface area contributed by atoms with E-state index in [0.29, 0.717) is 17.9 Å². The predicted octanol–water partition coefficient (Wildman–Crippen LogP) is 3.05. The van der Waals surface area contributed by atoms with Crippen molar-refractivity contribution < 1.29 is 4.79 Å². The molecule has 1 rings (SSSR count). The van der Waals surface area contributed by atoms with Crippen molar-refractivity contribution in [3.63, 3.8) is 0 Å². The van der Waals surface area contributed by atoms with Crippen LogP contribution in [0.25, 0.3) is 0 Å². The minimum Gasteiger partial charge on any atom is -0.349 e. The fraction of sp³-hybridized carbons (Fsp3) is 0.938. The van der Waals surface area contributed by atoms with Gasteiger partial charge in [-0.3, -0.25) is 4.79 Å². The highest BCUT2D eigenvalue weighted by atomic mass is 16.2. The van der Waals surface area contributed by atoms with Gasteiger partial charge in [-0.25, -0.2) is 0 Å². The molecule has 0 radical (unpaired) electrons. The smallest absolute Gasteiger partial charge is 0.223 e. The molecule has 0 saturated heterocycles. The number of carbonyl (C=O) groups excluding carboxylic acids is 1. The van der Waals surface area contributed by atoms with Crippen LogP contribution in [0.4, 0.5) is 0 Å². The monoisotopic (exact) mass is 268 g/mol. The zero-order valence-electron chi connectivity index (χ0n) is 13.5. The molecule has 0 spiro atoms. The van der Waals surface area contributed by atoms with Crippen molar-refractivity contribution in [2.75, 3.05) is 20.6 Å². The molecule has 0 bridgehead atoms. The van der Waals surface area contributed by atoms with Gasteiger partial charge in [-0.2, -0.15) is 0 Å². The largest absolute Gasteiger partial charge is 0.349 e. The second-order valence-corrected chi connectivity index (χ2v) is 6.88. The van der Waals surface area contributed by atoms with Crippen LogP contribution in [0, 0.1) is 11.3 Å². The molecule has 1 N–H and O–H groups in total. The molecule has 19 heavy (non-hydrogen) atoms. The van der Waals surface area contributed by atoms with Crippen LogP contribution in [-0.2, 0) is 4.79 Å². The standard InChI is InChI=1S/C16H32N2O/c1-6-16(2,3)13-7-9-14(10-8-13)17-12-11-15(19)18(4)5/h13-14,17H,6-12H2,1-5H3. The van der Waals surface area contributed by atoms with E-state index in [2.05, 4.69) is 26.1 Å². The lowest BCUT2D eigenvalue weighted by atomic mass is 9.69. The van der Waals surface area contributed by atoms with Crippen molar-refractivity contribution in [3.05, 3.63) is 0 Å². The van der Waals surface area contributed by atoms with Crippen molar-refractivity contribution in [3.8, 4) is 0 Å². The second kappa shape index (κ2) is 7.28. The molecule has 0 aromatic rings. The molecule has 1 aliphatic rings. The molecule has 0 aliphatic heterocycles. The van der Waals surface area contributed by atoms with Crippen molar-refractivity contribution in [1.29, 1.82) is 0 Å². The lowest BCUT2D eigenvalue weighted by Gasteiger charge is -2.39. The Labute approximate surface area is 119 Å². The van der Waals surface area contributed by atoms with Crippen LogP contribution in [0.15, 0.2) is 0 Å². The van der Waals surface area contributed by atoms with E-state index < -0.39 is 0 Å². The Kier molecular flexibility index (Phi) is 6.31. The van der Waals surface area contributed by atoms with Gasteiger partial charge in [0.25, 0.3) is 0 Å². The highest BCUT2D eigenvalue weighted by Gasteiger charge is 2.31. The first kappa shape index (κ1) is 16.5. The van der Waals surface area contributed by atoms with Crippen molar-refractivity contribution >= 4 is 5.91 Å². The summed E-state index contributed by atoms with van der Waals surface area (Å²) in [6.07, 6.45) is 7.09. The highest BCUT2D eigenvalue weighted by Crippen LogP contribution is 2.40. The lowest BCUT2D eigenvalue weighted by molar-refractivity contribution is -0.128. The first-order valence-corrected chi connectivity index (χ1v) is 7.80. The van der Waals surface area contributed by atoms with Crippen LogP contribution in [0.5, 0.6) is 0 Å². The van der Waals surface area contributed by atoms with E-state index >= 15 is 0 Å². The van der Waals surface area contributed by atoms with Crippen molar-refractivity contribution in [1.82, 2.24) is 10.2 Å². The lowest BCUT2D eigenvalue weighted by Crippen LogP contribution is -2.38. The van der Waals surface area contributed by atoms with Gasteiger partial charge in [0.2, 0.25) is 5.91 Å².